The van der Waals surface area contributed by atoms with Gasteiger partial charge in [-0.25, -0.2) is 26.9 Å². The summed E-state index contributed by atoms with van der Waals surface area (Å²) >= 11 is 0. The molecule has 3 heterocycles. The molecule has 0 bridgehead atoms. The van der Waals surface area contributed by atoms with E-state index in [2.05, 4.69) is 26.3 Å². The van der Waals surface area contributed by atoms with E-state index in [1.807, 2.05) is 4.90 Å². The number of nitrogens with zero attached hydrogens (tertiary/aromatic N) is 5. The fourth-order valence-corrected chi connectivity index (χ4v) is 6.40. The van der Waals surface area contributed by atoms with E-state index >= 15 is 0 Å². The number of aromatic nitrogens is 2. The third-order valence-electron chi connectivity index (χ3n) is 7.88. The Kier molecular flexibility index (Phi) is 12.4. The molecule has 2 aromatic rings. The first kappa shape index (κ1) is 39.6. The van der Waals surface area contributed by atoms with Gasteiger partial charge in [0, 0.05) is 34.1 Å². The van der Waals surface area contributed by atoms with Gasteiger partial charge in [0.2, 0.25) is 21.8 Å². The Bertz CT molecular complexity index is 1690. The van der Waals surface area contributed by atoms with Crippen molar-refractivity contribution in [1.29, 1.82) is 0 Å². The van der Waals surface area contributed by atoms with E-state index in [0.29, 0.717) is 5.69 Å². The number of benzene rings is 1. The van der Waals surface area contributed by atoms with Crippen LogP contribution in [0.3, 0.4) is 0 Å². The highest BCUT2D eigenvalue weighted by Gasteiger charge is 2.45. The van der Waals surface area contributed by atoms with Crippen molar-refractivity contribution in [1.82, 2.24) is 35.6 Å². The van der Waals surface area contributed by atoms with Gasteiger partial charge in [-0.15, -0.1) is 5.06 Å². The minimum atomic E-state index is -3.84. The minimum absolute atomic E-state index is 0.0592. The maximum absolute atomic E-state index is 13.4. The van der Waals surface area contributed by atoms with Crippen LogP contribution < -0.4 is 20.9 Å². The van der Waals surface area contributed by atoms with Gasteiger partial charge >= 0.3 is 12.1 Å². The molecule has 0 saturated carbocycles. The highest BCUT2D eigenvalue weighted by molar-refractivity contribution is 7.89. The van der Waals surface area contributed by atoms with Gasteiger partial charge < -0.3 is 50.5 Å². The molecule has 51 heavy (non-hydrogen) atoms. The number of aliphatic hydroxyl groups is 3. The first-order chi connectivity index (χ1) is 23.8. The smallest absolute Gasteiger partial charge is 0.408 e. The molecule has 2 aliphatic heterocycles. The highest BCUT2D eigenvalue weighted by Crippen LogP contribution is 2.31. The lowest BCUT2D eigenvalue weighted by Gasteiger charge is -2.42. The van der Waals surface area contributed by atoms with Crippen molar-refractivity contribution in [2.75, 3.05) is 51.8 Å². The van der Waals surface area contributed by atoms with Crippen molar-refractivity contribution in [3.8, 4) is 0 Å². The van der Waals surface area contributed by atoms with Crippen molar-refractivity contribution >= 4 is 50.6 Å². The molecule has 0 radical (unpaired) electrons. The van der Waals surface area contributed by atoms with Gasteiger partial charge in [0.1, 0.15) is 40.9 Å². The number of anilines is 1. The van der Waals surface area contributed by atoms with Crippen LogP contribution in [0, 0.1) is 0 Å². The first-order valence-corrected chi connectivity index (χ1v) is 17.3. The van der Waals surface area contributed by atoms with E-state index in [0.717, 1.165) is 11.2 Å². The summed E-state index contributed by atoms with van der Waals surface area (Å²) in [6.07, 6.45) is -7.69. The molecule has 22 heteroatoms. The molecule has 0 unspecified atom stereocenters. The topological polar surface area (TPSA) is 276 Å². The molecule has 284 valence electrons. The fraction of sp³-hybridized carbons (Fsp3) is 0.655. The summed E-state index contributed by atoms with van der Waals surface area (Å²) in [5.74, 6) is -2.51. The van der Waals surface area contributed by atoms with E-state index in [4.69, 9.17) is 18.9 Å². The molecule has 3 amide bonds. The molecule has 2 fully saturated rings. The maximum Gasteiger partial charge on any atom is 0.408 e. The number of aliphatic hydroxyl groups excluding tert-OH is 3. The van der Waals surface area contributed by atoms with Crippen LogP contribution in [-0.2, 0) is 38.7 Å². The van der Waals surface area contributed by atoms with Crippen molar-refractivity contribution in [3.05, 3.63) is 12.1 Å². The molecular formula is C29H44N8O13S. The van der Waals surface area contributed by atoms with Crippen LogP contribution in [-0.4, -0.2) is 156 Å². The summed E-state index contributed by atoms with van der Waals surface area (Å²) in [5.41, 5.74) is -0.121. The number of nitrogens with one attached hydrogen (secondary N) is 3. The zero-order valence-electron chi connectivity index (χ0n) is 28.9. The van der Waals surface area contributed by atoms with Crippen molar-refractivity contribution in [3.63, 3.8) is 0 Å². The molecule has 1 aromatic heterocycles. The van der Waals surface area contributed by atoms with Gasteiger partial charge in [0.15, 0.2) is 17.3 Å². The Morgan fingerprint density at radius 2 is 1.69 bits per heavy atom. The second-order valence-corrected chi connectivity index (χ2v) is 15.2. The van der Waals surface area contributed by atoms with Gasteiger partial charge in [-0.3, -0.25) is 9.59 Å². The first-order valence-electron chi connectivity index (χ1n) is 15.9. The van der Waals surface area contributed by atoms with Gasteiger partial charge in [-0.2, -0.15) is 0 Å². The van der Waals surface area contributed by atoms with E-state index in [-0.39, 0.29) is 42.1 Å². The van der Waals surface area contributed by atoms with Crippen LogP contribution in [0.2, 0.25) is 0 Å². The largest absolute Gasteiger partial charge is 0.444 e. The van der Waals surface area contributed by atoms with Crippen molar-refractivity contribution in [2.24, 2.45) is 0 Å². The van der Waals surface area contributed by atoms with E-state index in [1.54, 1.807) is 26.8 Å². The third-order valence-corrected chi connectivity index (χ3v) is 9.73. The molecule has 2 aliphatic rings. The Labute approximate surface area is 293 Å². The van der Waals surface area contributed by atoms with Gasteiger partial charge in [0.25, 0.3) is 0 Å². The lowest BCUT2D eigenvalue weighted by molar-refractivity contribution is -0.204. The molecule has 6 N–H and O–H groups in total. The number of carbonyl (C=O) groups excluding carboxylic acids is 4. The third kappa shape index (κ3) is 9.58. The zero-order valence-corrected chi connectivity index (χ0v) is 29.7. The van der Waals surface area contributed by atoms with Crippen LogP contribution in [0.1, 0.15) is 34.1 Å². The van der Waals surface area contributed by atoms with E-state index in [9.17, 15) is 42.9 Å². The van der Waals surface area contributed by atoms with Crippen LogP contribution in [0.5, 0.6) is 0 Å². The Morgan fingerprint density at radius 3 is 2.27 bits per heavy atom. The normalized spacial score (nSPS) is 23.8. The number of carbonyl (C=O) groups is 4. The van der Waals surface area contributed by atoms with E-state index in [1.165, 1.54) is 25.2 Å². The number of hydrogen-bond acceptors (Lipinski definition) is 17. The summed E-state index contributed by atoms with van der Waals surface area (Å²) < 4.78 is 42.2. The van der Waals surface area contributed by atoms with Crippen LogP contribution >= 0.6 is 0 Å². The SMILES string of the molecule is CC(=O)N[C@@H]1[C@@H](O)[C@H](O)[C@@H](CO)O[C@H]1NC(=O)C[C@H](NC(=O)OC(C)(C)C)C(=O)ON1CCN(c2ccc(S(=O)(=O)N(C)C)c3nonc23)CC1. The summed E-state index contributed by atoms with van der Waals surface area (Å²) in [4.78, 5) is 58.4. The van der Waals surface area contributed by atoms with Gasteiger partial charge in [-0.05, 0) is 43.2 Å². The highest BCUT2D eigenvalue weighted by atomic mass is 32.2. The standard InChI is InChI=1S/C29H44N8O13S/c1-15(39)30-23-25(42)24(41)18(14-38)47-26(23)32-20(40)13-16(31-28(44)48-29(2,3)4)27(43)49-37-11-9-36(10-12-37)17-7-8-19(51(45,46)35(5)6)22-21(17)33-50-34-22/h7-8,16,18,23-26,38,41-42H,9-14H2,1-6H3,(H,30,39)(H,31,44)(H,32,40)/t16-,18+,23+,24+,25+,26+/m0/s1. The molecule has 4 rings (SSSR count). The van der Waals surface area contributed by atoms with Gasteiger partial charge in [-0.1, -0.05) is 0 Å². The lowest BCUT2D eigenvalue weighted by Crippen LogP contribution is -2.68. The fourth-order valence-electron chi connectivity index (χ4n) is 5.38. The molecule has 0 spiro atoms. The number of hydrogen-bond donors (Lipinski definition) is 6. The second-order valence-electron chi connectivity index (χ2n) is 13.1. The van der Waals surface area contributed by atoms with Crippen molar-refractivity contribution in [2.45, 2.75) is 81.2 Å². The van der Waals surface area contributed by atoms with Gasteiger partial charge in [0.05, 0.1) is 31.8 Å². The number of alkyl carbamates (subject to hydrolysis) is 1. The molecule has 1 aromatic carbocycles. The molecule has 0 aliphatic carbocycles. The van der Waals surface area contributed by atoms with Crippen LogP contribution in [0.25, 0.3) is 11.0 Å². The predicted octanol–water partition coefficient (Wildman–Crippen LogP) is -2.60. The van der Waals surface area contributed by atoms with Crippen molar-refractivity contribution < 1.29 is 61.9 Å². The number of rotatable bonds is 11. The quantitative estimate of drug-likeness (QED) is 0.138. The Hall–Kier alpha value is -4.19. The summed E-state index contributed by atoms with van der Waals surface area (Å²) in [6, 6.07) is 0.0776. The van der Waals surface area contributed by atoms with E-state index < -0.39 is 89.2 Å². The number of sulfonamides is 1. The average molecular weight is 745 g/mol. The molecule has 21 nitrogen and oxygen atoms in total. The van der Waals surface area contributed by atoms with Crippen LogP contribution in [0.15, 0.2) is 21.7 Å². The van der Waals surface area contributed by atoms with Crippen LogP contribution in [0.4, 0.5) is 10.5 Å². The number of ether oxygens (including phenoxy) is 2. The maximum atomic E-state index is 13.4. The second kappa shape index (κ2) is 16.0. The molecular weight excluding hydrogens is 700 g/mol. The monoisotopic (exact) mass is 744 g/mol. The zero-order chi connectivity index (χ0) is 37.8. The number of amides is 3. The Balaban J connectivity index is 1.45. The lowest BCUT2D eigenvalue weighted by atomic mass is 9.95. The summed E-state index contributed by atoms with van der Waals surface area (Å²) in [6.45, 7) is 6.10. The average Bonchev–Trinajstić information content (AvgIpc) is 3.53. The summed E-state index contributed by atoms with van der Waals surface area (Å²) in [5, 5.41) is 46.5. The summed E-state index contributed by atoms with van der Waals surface area (Å²) in [7, 11) is -1.06. The number of piperazine rings is 1. The molecule has 2 saturated heterocycles. The molecule has 6 atom stereocenters. The number of fused-ring (bicyclic) bond motifs is 1. The number of hydroxylamine groups is 2. The minimum Gasteiger partial charge on any atom is -0.444 e. The predicted molar refractivity (Wildman–Crippen MR) is 174 cm³/mol. The Morgan fingerprint density at radius 1 is 1.04 bits per heavy atom.